The predicted molar refractivity (Wildman–Crippen MR) is 125 cm³/mol. The summed E-state index contributed by atoms with van der Waals surface area (Å²) in [6.07, 6.45) is 7.12. The maximum absolute atomic E-state index is 12.6. The molecular weight excluding hydrogens is 404 g/mol. The van der Waals surface area contributed by atoms with Crippen LogP contribution in [0, 0.1) is 0 Å². The molecule has 4 aromatic rings. The largest absolute Gasteiger partial charge is 0.495 e. The number of hydrogen-bond acceptors (Lipinski definition) is 6. The van der Waals surface area contributed by atoms with Crippen molar-refractivity contribution in [2.45, 2.75) is 18.8 Å². The molecular formula is C25H24N4O3. The lowest BCUT2D eigenvalue weighted by molar-refractivity contribution is 0.0853. The third-order valence-corrected chi connectivity index (χ3v) is 5.87. The average molecular weight is 428 g/mol. The van der Waals surface area contributed by atoms with E-state index < -0.39 is 0 Å². The van der Waals surface area contributed by atoms with E-state index >= 15 is 0 Å². The van der Waals surface area contributed by atoms with Crippen molar-refractivity contribution < 1.29 is 9.47 Å². The summed E-state index contributed by atoms with van der Waals surface area (Å²) in [5, 5.41) is 4.66. The normalized spacial score (nSPS) is 14.4. The van der Waals surface area contributed by atoms with Gasteiger partial charge in [0.15, 0.2) is 0 Å². The number of rotatable bonds is 5. The Kier molecular flexibility index (Phi) is 5.56. The first kappa shape index (κ1) is 20.2. The van der Waals surface area contributed by atoms with Gasteiger partial charge in [0.2, 0.25) is 0 Å². The maximum Gasteiger partial charge on any atom is 0.259 e. The number of anilines is 2. The quantitative estimate of drug-likeness (QED) is 0.482. The third-order valence-electron chi connectivity index (χ3n) is 5.87. The smallest absolute Gasteiger partial charge is 0.259 e. The summed E-state index contributed by atoms with van der Waals surface area (Å²) in [5.74, 6) is 1.68. The van der Waals surface area contributed by atoms with E-state index in [0.29, 0.717) is 28.6 Å². The number of aromatic nitrogens is 3. The molecule has 0 spiro atoms. The number of ether oxygens (including phenoxy) is 2. The molecule has 0 saturated carbocycles. The van der Waals surface area contributed by atoms with E-state index in [2.05, 4.69) is 27.4 Å². The summed E-state index contributed by atoms with van der Waals surface area (Å²) in [5.41, 5.74) is 3.51. The molecule has 2 N–H and O–H groups in total. The Morgan fingerprint density at radius 1 is 1.09 bits per heavy atom. The van der Waals surface area contributed by atoms with Crippen molar-refractivity contribution in [1.82, 2.24) is 15.0 Å². The molecule has 7 nitrogen and oxygen atoms in total. The van der Waals surface area contributed by atoms with E-state index in [0.717, 1.165) is 42.7 Å². The van der Waals surface area contributed by atoms with Crippen LogP contribution in [0.5, 0.6) is 5.75 Å². The Morgan fingerprint density at radius 3 is 2.69 bits per heavy atom. The van der Waals surface area contributed by atoms with Crippen LogP contribution in [0.25, 0.3) is 22.0 Å². The van der Waals surface area contributed by atoms with Gasteiger partial charge >= 0.3 is 0 Å². The van der Waals surface area contributed by atoms with Gasteiger partial charge in [-0.25, -0.2) is 4.98 Å². The number of nitrogens with one attached hydrogen (secondary N) is 2. The van der Waals surface area contributed by atoms with Gasteiger partial charge in [0.05, 0.1) is 24.4 Å². The summed E-state index contributed by atoms with van der Waals surface area (Å²) in [6.45, 7) is 1.63. The number of pyridine rings is 3. The van der Waals surface area contributed by atoms with Crippen LogP contribution in [-0.4, -0.2) is 35.3 Å². The molecule has 0 bridgehead atoms. The highest BCUT2D eigenvalue weighted by molar-refractivity contribution is 5.95. The predicted octanol–water partition coefficient (Wildman–Crippen LogP) is 4.63. The molecule has 4 heterocycles. The third kappa shape index (κ3) is 4.07. The first-order valence-electron chi connectivity index (χ1n) is 10.7. The van der Waals surface area contributed by atoms with Crippen LogP contribution in [0.3, 0.4) is 0 Å². The maximum atomic E-state index is 12.6. The highest BCUT2D eigenvalue weighted by Crippen LogP contribution is 2.31. The molecule has 0 amide bonds. The fourth-order valence-electron chi connectivity index (χ4n) is 4.13. The minimum absolute atomic E-state index is 0.188. The van der Waals surface area contributed by atoms with E-state index in [9.17, 15) is 4.79 Å². The first-order chi connectivity index (χ1) is 15.7. The van der Waals surface area contributed by atoms with Crippen molar-refractivity contribution in [3.8, 4) is 17.0 Å². The molecule has 1 fully saturated rings. The molecule has 1 aliphatic heterocycles. The minimum Gasteiger partial charge on any atom is -0.495 e. The van der Waals surface area contributed by atoms with Crippen molar-refractivity contribution >= 4 is 22.3 Å². The Balaban J connectivity index is 1.53. The van der Waals surface area contributed by atoms with Crippen LogP contribution in [0.15, 0.2) is 65.8 Å². The van der Waals surface area contributed by atoms with Gasteiger partial charge in [0, 0.05) is 36.9 Å². The number of hydrogen-bond donors (Lipinski definition) is 2. The Labute approximate surface area is 185 Å². The number of H-pyrrole nitrogens is 1. The zero-order valence-corrected chi connectivity index (χ0v) is 17.8. The molecule has 1 saturated heterocycles. The standard InChI is InChI=1S/C25H24N4O3/c1-31-21-12-19(14-26-15-21)22-13-18-6-9-27-25(30)23(18)24(29-22)28-20-4-2-16(3-5-20)17-7-10-32-11-8-17/h2-6,9,12-15,17H,7-8,10-11H2,1H3,(H,27,30)(H,28,29). The average Bonchev–Trinajstić information content (AvgIpc) is 2.85. The van der Waals surface area contributed by atoms with Crippen LogP contribution < -0.4 is 15.6 Å². The SMILES string of the molecule is COc1cncc(-c2cc3cc[nH]c(=O)c3c(Nc3ccc(C4CCOCC4)cc3)n2)c1. The molecule has 162 valence electrons. The summed E-state index contributed by atoms with van der Waals surface area (Å²) < 4.78 is 10.8. The van der Waals surface area contributed by atoms with Crippen molar-refractivity contribution in [2.75, 3.05) is 25.6 Å². The fourth-order valence-corrected chi connectivity index (χ4v) is 4.13. The number of aromatic amines is 1. The second-order valence-electron chi connectivity index (χ2n) is 7.87. The lowest BCUT2D eigenvalue weighted by atomic mass is 9.92. The summed E-state index contributed by atoms with van der Waals surface area (Å²) in [7, 11) is 1.60. The molecule has 5 rings (SSSR count). The van der Waals surface area contributed by atoms with Gasteiger partial charge in [-0.15, -0.1) is 0 Å². The lowest BCUT2D eigenvalue weighted by Crippen LogP contribution is -2.14. The van der Waals surface area contributed by atoms with Gasteiger partial charge in [-0.3, -0.25) is 9.78 Å². The van der Waals surface area contributed by atoms with Crippen LogP contribution in [0.2, 0.25) is 0 Å². The molecule has 0 aliphatic carbocycles. The van der Waals surface area contributed by atoms with Gasteiger partial charge in [-0.2, -0.15) is 0 Å². The summed E-state index contributed by atoms with van der Waals surface area (Å²) in [6, 6.07) is 14.0. The highest BCUT2D eigenvalue weighted by Gasteiger charge is 2.16. The number of nitrogens with zero attached hydrogens (tertiary/aromatic N) is 2. The Morgan fingerprint density at radius 2 is 1.91 bits per heavy atom. The van der Waals surface area contributed by atoms with E-state index in [1.807, 2.05) is 30.3 Å². The minimum atomic E-state index is -0.188. The number of methoxy groups -OCH3 is 1. The Hall–Kier alpha value is -3.71. The second kappa shape index (κ2) is 8.80. The molecule has 32 heavy (non-hydrogen) atoms. The van der Waals surface area contributed by atoms with Crippen molar-refractivity contribution in [2.24, 2.45) is 0 Å². The first-order valence-corrected chi connectivity index (χ1v) is 10.7. The monoisotopic (exact) mass is 428 g/mol. The van der Waals surface area contributed by atoms with Crippen molar-refractivity contribution in [1.29, 1.82) is 0 Å². The van der Waals surface area contributed by atoms with Gasteiger partial charge in [0.1, 0.15) is 11.6 Å². The molecule has 3 aromatic heterocycles. The zero-order valence-electron chi connectivity index (χ0n) is 17.8. The van der Waals surface area contributed by atoms with E-state index in [1.165, 1.54) is 5.56 Å². The van der Waals surface area contributed by atoms with Crippen LogP contribution in [0.4, 0.5) is 11.5 Å². The van der Waals surface area contributed by atoms with Gasteiger partial charge in [0.25, 0.3) is 5.56 Å². The zero-order chi connectivity index (χ0) is 21.9. The number of benzene rings is 1. The lowest BCUT2D eigenvalue weighted by Gasteiger charge is -2.22. The van der Waals surface area contributed by atoms with E-state index in [4.69, 9.17) is 14.5 Å². The van der Waals surface area contributed by atoms with Crippen LogP contribution in [-0.2, 0) is 4.74 Å². The highest BCUT2D eigenvalue weighted by atomic mass is 16.5. The van der Waals surface area contributed by atoms with Crippen LogP contribution >= 0.6 is 0 Å². The molecule has 1 aliphatic rings. The molecule has 0 radical (unpaired) electrons. The summed E-state index contributed by atoms with van der Waals surface area (Å²) in [4.78, 5) is 24.4. The topological polar surface area (TPSA) is 89.1 Å². The second-order valence-corrected chi connectivity index (χ2v) is 7.87. The van der Waals surface area contributed by atoms with E-state index in [-0.39, 0.29) is 5.56 Å². The van der Waals surface area contributed by atoms with E-state index in [1.54, 1.807) is 25.7 Å². The molecule has 1 aromatic carbocycles. The molecule has 7 heteroatoms. The molecule has 0 unspecified atom stereocenters. The van der Waals surface area contributed by atoms with Crippen molar-refractivity contribution in [3.63, 3.8) is 0 Å². The fraction of sp³-hybridized carbons (Fsp3) is 0.240. The number of fused-ring (bicyclic) bond motifs is 1. The Bertz CT molecular complexity index is 1290. The van der Waals surface area contributed by atoms with Gasteiger partial charge in [-0.1, -0.05) is 12.1 Å². The van der Waals surface area contributed by atoms with Crippen molar-refractivity contribution in [3.05, 3.63) is 77.0 Å². The van der Waals surface area contributed by atoms with Gasteiger partial charge < -0.3 is 19.8 Å². The summed E-state index contributed by atoms with van der Waals surface area (Å²) >= 11 is 0. The molecule has 0 atom stereocenters. The van der Waals surface area contributed by atoms with Crippen LogP contribution in [0.1, 0.15) is 24.3 Å². The van der Waals surface area contributed by atoms with Gasteiger partial charge in [-0.05, 0) is 60.0 Å².